The molecule has 2 fully saturated rings. The normalized spacial score (nSPS) is 34.1. The van der Waals surface area contributed by atoms with Gasteiger partial charge in [0.05, 0.1) is 12.5 Å². The topological polar surface area (TPSA) is 49.8 Å². The molecule has 2 aromatic rings. The minimum Gasteiger partial charge on any atom is -0.508 e. The van der Waals surface area contributed by atoms with Gasteiger partial charge in [-0.3, -0.25) is 9.69 Å². The number of halogens is 1. The summed E-state index contributed by atoms with van der Waals surface area (Å²) >= 11 is 6.51. The fourth-order valence-corrected chi connectivity index (χ4v) is 6.75. The summed E-state index contributed by atoms with van der Waals surface area (Å²) in [6.45, 7) is 6.56. The zero-order valence-corrected chi connectivity index (χ0v) is 19.2. The highest BCUT2D eigenvalue weighted by atomic mass is 35.5. The summed E-state index contributed by atoms with van der Waals surface area (Å²) in [5, 5.41) is 10.7. The minimum atomic E-state index is -0.630. The Morgan fingerprint density at radius 2 is 2.03 bits per heavy atom. The molecule has 1 heterocycles. The van der Waals surface area contributed by atoms with Gasteiger partial charge in [0.1, 0.15) is 5.75 Å². The van der Waals surface area contributed by atoms with Crippen LogP contribution in [0.1, 0.15) is 43.4 Å². The molecule has 1 saturated heterocycles. The Labute approximate surface area is 189 Å². The third kappa shape index (κ3) is 3.02. The molecule has 31 heavy (non-hydrogen) atoms. The van der Waals surface area contributed by atoms with Gasteiger partial charge < -0.3 is 9.84 Å². The number of carbonyl (C=O) groups is 1. The van der Waals surface area contributed by atoms with Gasteiger partial charge in [-0.15, -0.1) is 0 Å². The summed E-state index contributed by atoms with van der Waals surface area (Å²) < 4.78 is 5.24. The van der Waals surface area contributed by atoms with Gasteiger partial charge in [-0.05, 0) is 77.9 Å². The molecule has 5 rings (SSSR count). The second kappa shape index (κ2) is 7.25. The number of nitrogens with zero attached hydrogens (tertiary/aromatic N) is 1. The van der Waals surface area contributed by atoms with Crippen molar-refractivity contribution >= 4 is 17.6 Å². The number of carbonyl (C=O) groups excluding carboxylic acids is 1. The lowest BCUT2D eigenvalue weighted by molar-refractivity contribution is -0.144. The molecule has 1 N–H and O–H groups in total. The van der Waals surface area contributed by atoms with Crippen molar-refractivity contribution in [2.75, 3.05) is 20.2 Å². The van der Waals surface area contributed by atoms with Crippen LogP contribution in [0.2, 0.25) is 5.02 Å². The van der Waals surface area contributed by atoms with E-state index >= 15 is 0 Å². The van der Waals surface area contributed by atoms with Crippen LogP contribution in [0.5, 0.6) is 5.75 Å². The predicted octanol–water partition coefficient (Wildman–Crippen LogP) is 4.70. The molecule has 164 valence electrons. The van der Waals surface area contributed by atoms with E-state index in [4.69, 9.17) is 16.3 Å². The van der Waals surface area contributed by atoms with Crippen LogP contribution < -0.4 is 0 Å². The van der Waals surface area contributed by atoms with Crippen molar-refractivity contribution < 1.29 is 14.6 Å². The van der Waals surface area contributed by atoms with Gasteiger partial charge in [-0.25, -0.2) is 0 Å². The first-order valence-electron chi connectivity index (χ1n) is 11.2. The lowest BCUT2D eigenvalue weighted by Gasteiger charge is -2.55. The molecule has 0 amide bonds. The summed E-state index contributed by atoms with van der Waals surface area (Å²) in [6, 6.07) is 14.0. The minimum absolute atomic E-state index is 0.0687. The van der Waals surface area contributed by atoms with Crippen molar-refractivity contribution in [2.45, 2.75) is 50.0 Å². The second-order valence-corrected chi connectivity index (χ2v) is 10.3. The molecule has 0 aromatic heterocycles. The maximum Gasteiger partial charge on any atom is 0.316 e. The van der Waals surface area contributed by atoms with Gasteiger partial charge in [-0.1, -0.05) is 49.7 Å². The fourth-order valence-electron chi connectivity index (χ4n) is 6.45. The maximum atomic E-state index is 12.9. The molecule has 5 heteroatoms. The molecule has 4 nitrogen and oxygen atoms in total. The van der Waals surface area contributed by atoms with E-state index in [9.17, 15) is 9.90 Å². The highest BCUT2D eigenvalue weighted by Gasteiger charge is 2.63. The second-order valence-electron chi connectivity index (χ2n) is 9.91. The summed E-state index contributed by atoms with van der Waals surface area (Å²) in [5.74, 6) is 0.860. The number of rotatable bonds is 4. The smallest absolute Gasteiger partial charge is 0.316 e. The van der Waals surface area contributed by atoms with Crippen molar-refractivity contribution in [1.29, 1.82) is 0 Å². The van der Waals surface area contributed by atoms with E-state index in [-0.39, 0.29) is 17.3 Å². The summed E-state index contributed by atoms with van der Waals surface area (Å²) in [6.07, 6.45) is 2.81. The molecular weight excluding hydrogens is 410 g/mol. The Hall–Kier alpha value is -2.04. The zero-order chi connectivity index (χ0) is 22.0. The van der Waals surface area contributed by atoms with E-state index in [1.807, 2.05) is 30.3 Å². The number of phenolic OH excluding ortho intramolecular Hbond substituents is 1. The van der Waals surface area contributed by atoms with Crippen LogP contribution in [-0.2, 0) is 26.8 Å². The lowest BCUT2D eigenvalue weighted by atomic mass is 9.59. The Morgan fingerprint density at radius 1 is 1.26 bits per heavy atom. The maximum absolute atomic E-state index is 12.9. The van der Waals surface area contributed by atoms with Crippen LogP contribution in [0.25, 0.3) is 0 Å². The number of hydrogen-bond donors (Lipinski definition) is 1. The summed E-state index contributed by atoms with van der Waals surface area (Å²) in [5.41, 5.74) is 2.98. The van der Waals surface area contributed by atoms with Crippen LogP contribution >= 0.6 is 11.6 Å². The predicted molar refractivity (Wildman–Crippen MR) is 122 cm³/mol. The van der Waals surface area contributed by atoms with Gasteiger partial charge in [-0.2, -0.15) is 0 Å². The molecular formula is C26H30ClNO3. The van der Waals surface area contributed by atoms with Crippen molar-refractivity contribution in [3.8, 4) is 5.75 Å². The van der Waals surface area contributed by atoms with Crippen LogP contribution in [-0.4, -0.2) is 42.2 Å². The van der Waals surface area contributed by atoms with Crippen LogP contribution in [0.15, 0.2) is 42.5 Å². The molecule has 2 bridgehead atoms. The van der Waals surface area contributed by atoms with Crippen LogP contribution in [0.3, 0.4) is 0 Å². The number of fused-ring (bicyclic) bond motifs is 4. The van der Waals surface area contributed by atoms with Gasteiger partial charge in [0, 0.05) is 17.6 Å². The Bertz CT molecular complexity index is 1040. The average molecular weight is 440 g/mol. The first kappa shape index (κ1) is 20.8. The number of likely N-dealkylation sites (tertiary alicyclic amines) is 1. The Kier molecular flexibility index (Phi) is 4.87. The number of hydrogen-bond acceptors (Lipinski definition) is 4. The highest BCUT2D eigenvalue weighted by Crippen LogP contribution is 2.58. The number of benzene rings is 2. The number of phenols is 1. The van der Waals surface area contributed by atoms with E-state index in [1.165, 1.54) is 18.2 Å². The van der Waals surface area contributed by atoms with Crippen LogP contribution in [0, 0.1) is 11.8 Å². The highest BCUT2D eigenvalue weighted by molar-refractivity contribution is 6.31. The third-order valence-electron chi connectivity index (χ3n) is 8.57. The molecule has 3 aliphatic rings. The number of aromatic hydroxyl groups is 1. The first-order valence-corrected chi connectivity index (χ1v) is 11.6. The largest absolute Gasteiger partial charge is 0.508 e. The van der Waals surface area contributed by atoms with Gasteiger partial charge in [0.2, 0.25) is 0 Å². The number of piperidine rings is 1. The number of ether oxygens (including phenoxy) is 1. The average Bonchev–Trinajstić information content (AvgIpc) is 3.47. The summed E-state index contributed by atoms with van der Waals surface area (Å²) in [4.78, 5) is 15.5. The van der Waals surface area contributed by atoms with Gasteiger partial charge in [0.15, 0.2) is 0 Å². The fraction of sp³-hybridized carbons (Fsp3) is 0.500. The van der Waals surface area contributed by atoms with Crippen molar-refractivity contribution in [3.63, 3.8) is 0 Å². The van der Waals surface area contributed by atoms with E-state index < -0.39 is 5.41 Å². The molecule has 2 aliphatic carbocycles. The van der Waals surface area contributed by atoms with Gasteiger partial charge in [0.25, 0.3) is 0 Å². The molecule has 5 atom stereocenters. The van der Waals surface area contributed by atoms with Gasteiger partial charge >= 0.3 is 5.97 Å². The number of esters is 1. The van der Waals surface area contributed by atoms with E-state index in [2.05, 4.69) is 24.8 Å². The first-order chi connectivity index (χ1) is 14.8. The Morgan fingerprint density at radius 3 is 2.77 bits per heavy atom. The van der Waals surface area contributed by atoms with E-state index in [0.717, 1.165) is 37.9 Å². The SMILES string of the molecule is COC(=O)[C@@]1(c2ccccc2Cl)C[C@H]1CN1CC[C@]2(C)c3cc(O)ccc3C[C@H]1[C@H]2C. The van der Waals surface area contributed by atoms with E-state index in [0.29, 0.717) is 22.7 Å². The molecule has 2 aromatic carbocycles. The molecule has 0 unspecified atom stereocenters. The zero-order valence-electron chi connectivity index (χ0n) is 18.4. The lowest BCUT2D eigenvalue weighted by Crippen LogP contribution is -2.58. The summed E-state index contributed by atoms with van der Waals surface area (Å²) in [7, 11) is 1.47. The molecule has 0 radical (unpaired) electrons. The quantitative estimate of drug-likeness (QED) is 0.701. The molecule has 1 aliphatic heterocycles. The van der Waals surface area contributed by atoms with Crippen molar-refractivity contribution in [2.24, 2.45) is 11.8 Å². The van der Waals surface area contributed by atoms with Crippen LogP contribution in [0.4, 0.5) is 0 Å². The van der Waals surface area contributed by atoms with Crippen molar-refractivity contribution in [1.82, 2.24) is 4.90 Å². The Balaban J connectivity index is 1.43. The number of methoxy groups -OCH3 is 1. The monoisotopic (exact) mass is 439 g/mol. The molecule has 0 spiro atoms. The van der Waals surface area contributed by atoms with Crippen molar-refractivity contribution in [3.05, 3.63) is 64.2 Å². The molecule has 1 saturated carbocycles. The third-order valence-corrected chi connectivity index (χ3v) is 8.90. The standard InChI is InChI=1S/C26H30ClNO3/c1-16-23-12-17-8-9-19(29)13-21(17)25(16,2)10-11-28(23)15-18-14-26(18,24(30)31-3)20-6-4-5-7-22(20)27/h4-9,13,16,18,23,29H,10-12,14-15H2,1-3H3/t16-,18+,23+,25+,26+/m1/s1. The van der Waals surface area contributed by atoms with E-state index in [1.54, 1.807) is 6.07 Å².